The van der Waals surface area contributed by atoms with Crippen molar-refractivity contribution in [2.75, 3.05) is 4.90 Å². The summed E-state index contributed by atoms with van der Waals surface area (Å²) in [5, 5.41) is 11.1. The first-order valence-corrected chi connectivity index (χ1v) is 8.62. The molecule has 1 heterocycles. The van der Waals surface area contributed by atoms with Crippen molar-refractivity contribution in [3.05, 3.63) is 70.8 Å². The van der Waals surface area contributed by atoms with E-state index in [1.54, 1.807) is 12.1 Å². The summed E-state index contributed by atoms with van der Waals surface area (Å²) in [6.45, 7) is 4.06. The van der Waals surface area contributed by atoms with E-state index in [9.17, 15) is 19.2 Å². The molecule has 0 saturated carbocycles. The number of nitrogens with zero attached hydrogens (tertiary/aromatic N) is 1. The predicted molar refractivity (Wildman–Crippen MR) is 103 cm³/mol. The summed E-state index contributed by atoms with van der Waals surface area (Å²) >= 11 is 0. The average molecular weight is 378 g/mol. The third-order valence-electron chi connectivity index (χ3n) is 4.39. The zero-order valence-corrected chi connectivity index (χ0v) is 15.3. The number of benzene rings is 2. The molecule has 2 aromatic carbocycles. The topological polar surface area (TPSA) is 104 Å². The van der Waals surface area contributed by atoms with Crippen LogP contribution in [-0.2, 0) is 9.59 Å². The van der Waals surface area contributed by atoms with Gasteiger partial charge in [0.25, 0.3) is 11.8 Å². The molecule has 28 heavy (non-hydrogen) atoms. The van der Waals surface area contributed by atoms with Crippen molar-refractivity contribution in [2.45, 2.75) is 19.8 Å². The van der Waals surface area contributed by atoms with Crippen molar-refractivity contribution in [1.29, 1.82) is 0 Å². The highest BCUT2D eigenvalue weighted by molar-refractivity contribution is 6.39. The first-order valence-electron chi connectivity index (χ1n) is 8.62. The molecule has 7 heteroatoms. The van der Waals surface area contributed by atoms with E-state index in [2.05, 4.69) is 5.32 Å². The average Bonchev–Trinajstić information content (AvgIpc) is 2.65. The highest BCUT2D eigenvalue weighted by atomic mass is 16.4. The molecule has 3 rings (SSSR count). The molecule has 1 aliphatic heterocycles. The normalized spacial score (nSPS) is 15.9. The van der Waals surface area contributed by atoms with Crippen molar-refractivity contribution in [3.8, 4) is 0 Å². The fourth-order valence-corrected chi connectivity index (χ4v) is 2.79. The Kier molecular flexibility index (Phi) is 5.08. The van der Waals surface area contributed by atoms with E-state index in [1.807, 2.05) is 26.0 Å². The third-order valence-corrected chi connectivity index (χ3v) is 4.39. The molecule has 2 N–H and O–H groups in total. The van der Waals surface area contributed by atoms with Crippen LogP contribution in [0.5, 0.6) is 0 Å². The lowest BCUT2D eigenvalue weighted by Crippen LogP contribution is -2.54. The van der Waals surface area contributed by atoms with Crippen molar-refractivity contribution in [1.82, 2.24) is 5.32 Å². The smallest absolute Gasteiger partial charge is 0.335 e. The molecule has 7 nitrogen and oxygen atoms in total. The molecule has 1 aliphatic rings. The quantitative estimate of drug-likeness (QED) is 0.628. The van der Waals surface area contributed by atoms with Crippen molar-refractivity contribution >= 4 is 35.6 Å². The minimum Gasteiger partial charge on any atom is -0.478 e. The van der Waals surface area contributed by atoms with Gasteiger partial charge in [0.05, 0.1) is 11.3 Å². The van der Waals surface area contributed by atoms with Crippen LogP contribution < -0.4 is 10.2 Å². The van der Waals surface area contributed by atoms with Crippen molar-refractivity contribution in [2.24, 2.45) is 0 Å². The van der Waals surface area contributed by atoms with E-state index in [1.165, 1.54) is 30.3 Å². The summed E-state index contributed by atoms with van der Waals surface area (Å²) in [5.74, 6) is -2.32. The van der Waals surface area contributed by atoms with Crippen LogP contribution in [0.3, 0.4) is 0 Å². The second-order valence-corrected chi connectivity index (χ2v) is 6.63. The van der Waals surface area contributed by atoms with Gasteiger partial charge in [-0.1, -0.05) is 38.1 Å². The number of hydrogen-bond acceptors (Lipinski definition) is 4. The van der Waals surface area contributed by atoms with Gasteiger partial charge in [-0.05, 0) is 47.4 Å². The van der Waals surface area contributed by atoms with E-state index in [-0.39, 0.29) is 11.1 Å². The van der Waals surface area contributed by atoms with E-state index in [0.717, 1.165) is 10.5 Å². The number of rotatable bonds is 4. The Hall–Kier alpha value is -3.74. The largest absolute Gasteiger partial charge is 0.478 e. The Bertz CT molecular complexity index is 988. The van der Waals surface area contributed by atoms with Crippen LogP contribution in [0.4, 0.5) is 10.5 Å². The second-order valence-electron chi connectivity index (χ2n) is 6.63. The molecule has 0 spiro atoms. The minimum absolute atomic E-state index is 0.0867. The summed E-state index contributed by atoms with van der Waals surface area (Å²) < 4.78 is 0. The molecule has 0 bridgehead atoms. The Morgan fingerprint density at radius 2 is 1.61 bits per heavy atom. The standard InChI is InChI=1S/C21H18N2O5/c1-12(2)14-7-9-16(10-8-14)23-19(25)17(18(24)22-21(23)28)11-13-3-5-15(6-4-13)20(26)27/h3-12H,1-2H3,(H,26,27)(H,22,24,28)/b17-11+. The molecular weight excluding hydrogens is 360 g/mol. The van der Waals surface area contributed by atoms with Gasteiger partial charge in [0.15, 0.2) is 0 Å². The number of carbonyl (C=O) groups is 4. The van der Waals surface area contributed by atoms with E-state index >= 15 is 0 Å². The maximum Gasteiger partial charge on any atom is 0.335 e. The zero-order chi connectivity index (χ0) is 20.4. The van der Waals surface area contributed by atoms with Gasteiger partial charge in [-0.15, -0.1) is 0 Å². The first-order chi connectivity index (χ1) is 13.3. The number of urea groups is 1. The van der Waals surface area contributed by atoms with Crippen molar-refractivity contribution in [3.63, 3.8) is 0 Å². The lowest BCUT2D eigenvalue weighted by Gasteiger charge is -2.26. The summed E-state index contributed by atoms with van der Waals surface area (Å²) in [5.41, 5.74) is 1.75. The molecule has 2 aromatic rings. The molecule has 0 radical (unpaired) electrons. The first kappa shape index (κ1) is 19.0. The van der Waals surface area contributed by atoms with Gasteiger partial charge < -0.3 is 5.11 Å². The number of imide groups is 2. The van der Waals surface area contributed by atoms with Crippen LogP contribution in [-0.4, -0.2) is 28.9 Å². The van der Waals surface area contributed by atoms with Gasteiger partial charge in [-0.2, -0.15) is 0 Å². The van der Waals surface area contributed by atoms with Crippen LogP contribution in [0.1, 0.15) is 41.3 Å². The second kappa shape index (κ2) is 7.48. The Balaban J connectivity index is 1.94. The van der Waals surface area contributed by atoms with E-state index in [0.29, 0.717) is 17.2 Å². The monoisotopic (exact) mass is 378 g/mol. The Morgan fingerprint density at radius 3 is 2.14 bits per heavy atom. The third kappa shape index (κ3) is 3.68. The summed E-state index contributed by atoms with van der Waals surface area (Å²) in [4.78, 5) is 49.1. The van der Waals surface area contributed by atoms with E-state index in [4.69, 9.17) is 5.11 Å². The molecule has 1 saturated heterocycles. The fraction of sp³-hybridized carbons (Fsp3) is 0.143. The number of carbonyl (C=O) groups excluding carboxylic acids is 3. The maximum absolute atomic E-state index is 12.8. The summed E-state index contributed by atoms with van der Waals surface area (Å²) in [6, 6.07) is 11.8. The maximum atomic E-state index is 12.8. The SMILES string of the molecule is CC(C)c1ccc(N2C(=O)NC(=O)/C(=C\c3ccc(C(=O)O)cc3)C2=O)cc1. The number of carboxylic acid groups (broad SMARTS) is 1. The van der Waals surface area contributed by atoms with E-state index < -0.39 is 23.8 Å². The number of hydrogen-bond donors (Lipinski definition) is 2. The highest BCUT2D eigenvalue weighted by Gasteiger charge is 2.36. The lowest BCUT2D eigenvalue weighted by atomic mass is 10.0. The molecule has 0 atom stereocenters. The molecule has 0 unspecified atom stereocenters. The lowest BCUT2D eigenvalue weighted by molar-refractivity contribution is -0.122. The number of barbiturate groups is 1. The van der Waals surface area contributed by atoms with Gasteiger partial charge in [0, 0.05) is 0 Å². The van der Waals surface area contributed by atoms with Crippen LogP contribution >= 0.6 is 0 Å². The molecular formula is C21H18N2O5. The van der Waals surface area contributed by atoms with Crippen LogP contribution in [0.15, 0.2) is 54.1 Å². The Labute approximate surface area is 161 Å². The van der Waals surface area contributed by atoms with Crippen LogP contribution in [0.2, 0.25) is 0 Å². The molecule has 1 fully saturated rings. The van der Waals surface area contributed by atoms with Gasteiger partial charge >= 0.3 is 12.0 Å². The highest BCUT2D eigenvalue weighted by Crippen LogP contribution is 2.24. The number of aromatic carboxylic acids is 1. The number of anilines is 1. The van der Waals surface area contributed by atoms with Gasteiger partial charge in [-0.25, -0.2) is 14.5 Å². The number of carboxylic acids is 1. The van der Waals surface area contributed by atoms with Crippen LogP contribution in [0, 0.1) is 0 Å². The molecule has 4 amide bonds. The van der Waals surface area contributed by atoms with Gasteiger partial charge in [0.2, 0.25) is 0 Å². The number of nitrogens with one attached hydrogen (secondary N) is 1. The zero-order valence-electron chi connectivity index (χ0n) is 15.3. The van der Waals surface area contributed by atoms with Crippen LogP contribution in [0.25, 0.3) is 6.08 Å². The minimum atomic E-state index is -1.08. The summed E-state index contributed by atoms with van der Waals surface area (Å²) in [6.07, 6.45) is 1.32. The number of amides is 4. The molecule has 0 aromatic heterocycles. The fourth-order valence-electron chi connectivity index (χ4n) is 2.79. The molecule has 142 valence electrons. The Morgan fingerprint density at radius 1 is 1.00 bits per heavy atom. The van der Waals surface area contributed by atoms with Gasteiger partial charge in [0.1, 0.15) is 5.57 Å². The van der Waals surface area contributed by atoms with Gasteiger partial charge in [-0.3, -0.25) is 14.9 Å². The molecule has 0 aliphatic carbocycles. The van der Waals surface area contributed by atoms with Crippen molar-refractivity contribution < 1.29 is 24.3 Å². The predicted octanol–water partition coefficient (Wildman–Crippen LogP) is 3.17. The summed E-state index contributed by atoms with van der Waals surface area (Å²) in [7, 11) is 0.